The minimum atomic E-state index is 0.307. The lowest BCUT2D eigenvalue weighted by Crippen LogP contribution is -2.20. The fraction of sp³-hybridized carbons (Fsp3) is 0.538. The summed E-state index contributed by atoms with van der Waals surface area (Å²) in [5.41, 5.74) is 7.00. The molecule has 2 aliphatic rings. The summed E-state index contributed by atoms with van der Waals surface area (Å²) in [6.07, 6.45) is 1.09. The maximum absolute atomic E-state index is 5.78. The smallest absolute Gasteiger partial charge is 0.231 e. The van der Waals surface area contributed by atoms with Crippen LogP contribution < -0.4 is 15.2 Å². The maximum Gasteiger partial charge on any atom is 0.231 e. The second-order valence-corrected chi connectivity index (χ2v) is 5.85. The van der Waals surface area contributed by atoms with Gasteiger partial charge in [-0.2, -0.15) is 0 Å². The normalized spacial score (nSPS) is 26.8. The average Bonchev–Trinajstić information content (AvgIpc) is 2.97. The third-order valence-electron chi connectivity index (χ3n) is 3.83. The van der Waals surface area contributed by atoms with E-state index in [1.165, 1.54) is 5.56 Å². The van der Waals surface area contributed by atoms with Crippen LogP contribution in [0.2, 0.25) is 0 Å². The Morgan fingerprint density at radius 3 is 2.89 bits per heavy atom. The van der Waals surface area contributed by atoms with Crippen molar-refractivity contribution in [3.05, 3.63) is 22.2 Å². The Labute approximate surface area is 115 Å². The van der Waals surface area contributed by atoms with Crippen LogP contribution in [0.4, 0.5) is 0 Å². The molecule has 18 heavy (non-hydrogen) atoms. The van der Waals surface area contributed by atoms with Crippen molar-refractivity contribution in [3.63, 3.8) is 0 Å². The molecule has 0 saturated carbocycles. The number of halogens is 1. The first-order valence-electron chi connectivity index (χ1n) is 6.19. The molecule has 0 spiro atoms. The summed E-state index contributed by atoms with van der Waals surface area (Å²) >= 11 is 3.49. The summed E-state index contributed by atoms with van der Waals surface area (Å²) in [4.78, 5) is 2.35. The lowest BCUT2D eigenvalue weighted by molar-refractivity contribution is 0.171. The highest BCUT2D eigenvalue weighted by Crippen LogP contribution is 2.47. The Balaban J connectivity index is 1.96. The highest BCUT2D eigenvalue weighted by Gasteiger charge is 2.34. The van der Waals surface area contributed by atoms with Crippen molar-refractivity contribution < 1.29 is 9.47 Å². The molecule has 1 aromatic rings. The summed E-state index contributed by atoms with van der Waals surface area (Å²) in [5, 5.41) is 0. The number of nitrogens with zero attached hydrogens (tertiary/aromatic N) is 1. The number of benzene rings is 1. The van der Waals surface area contributed by atoms with Gasteiger partial charge in [0.2, 0.25) is 6.79 Å². The van der Waals surface area contributed by atoms with Crippen molar-refractivity contribution in [1.82, 2.24) is 4.90 Å². The predicted molar refractivity (Wildman–Crippen MR) is 72.8 cm³/mol. The summed E-state index contributed by atoms with van der Waals surface area (Å²) in [7, 11) is 2.14. The highest BCUT2D eigenvalue weighted by molar-refractivity contribution is 9.10. The second kappa shape index (κ2) is 4.72. The van der Waals surface area contributed by atoms with Gasteiger partial charge in [0.05, 0.1) is 4.47 Å². The number of ether oxygens (including phenoxy) is 2. The molecule has 98 valence electrons. The molecule has 3 rings (SSSR count). The second-order valence-electron chi connectivity index (χ2n) is 4.99. The van der Waals surface area contributed by atoms with E-state index < -0.39 is 0 Å². The first-order chi connectivity index (χ1) is 8.70. The quantitative estimate of drug-likeness (QED) is 0.909. The molecular formula is C13H17BrN2O2. The van der Waals surface area contributed by atoms with Crippen LogP contribution in [0.3, 0.4) is 0 Å². The molecule has 4 nitrogen and oxygen atoms in total. The van der Waals surface area contributed by atoms with Gasteiger partial charge in [0.1, 0.15) is 0 Å². The number of hydrogen-bond acceptors (Lipinski definition) is 4. The van der Waals surface area contributed by atoms with Crippen LogP contribution >= 0.6 is 15.9 Å². The Kier molecular flexibility index (Phi) is 3.21. The van der Waals surface area contributed by atoms with Gasteiger partial charge < -0.3 is 15.2 Å². The minimum Gasteiger partial charge on any atom is -0.453 e. The number of likely N-dealkylation sites (tertiary alicyclic amines) is 1. The molecular weight excluding hydrogens is 296 g/mol. The fourth-order valence-electron chi connectivity index (χ4n) is 2.89. The van der Waals surface area contributed by atoms with Crippen molar-refractivity contribution in [2.75, 3.05) is 26.9 Å². The molecule has 2 N–H and O–H groups in total. The first-order valence-corrected chi connectivity index (χ1v) is 6.98. The number of hydrogen-bond donors (Lipinski definition) is 1. The summed E-state index contributed by atoms with van der Waals surface area (Å²) in [6, 6.07) is 4.53. The van der Waals surface area contributed by atoms with Crippen LogP contribution in [-0.2, 0) is 0 Å². The van der Waals surface area contributed by atoms with Gasteiger partial charge in [-0.15, -0.1) is 0 Å². The van der Waals surface area contributed by atoms with E-state index in [4.69, 9.17) is 15.2 Å². The molecule has 2 heterocycles. The Morgan fingerprint density at radius 1 is 1.39 bits per heavy atom. The van der Waals surface area contributed by atoms with Crippen LogP contribution in [0, 0.1) is 5.92 Å². The standard InChI is InChI=1S/C13H17BrN2O2/c1-16-6-8(5-15)4-11(16)9-2-3-10(14)13-12(9)17-7-18-13/h2-3,8,11H,4-7,15H2,1H3. The molecule has 0 amide bonds. The van der Waals surface area contributed by atoms with Gasteiger partial charge in [0.15, 0.2) is 11.5 Å². The Morgan fingerprint density at radius 2 is 2.17 bits per heavy atom. The molecule has 5 heteroatoms. The van der Waals surface area contributed by atoms with Gasteiger partial charge in [0, 0.05) is 18.2 Å². The zero-order chi connectivity index (χ0) is 12.7. The van der Waals surface area contributed by atoms with Crippen molar-refractivity contribution in [2.24, 2.45) is 11.7 Å². The van der Waals surface area contributed by atoms with Crippen molar-refractivity contribution in [3.8, 4) is 11.5 Å². The Bertz CT molecular complexity index is 467. The zero-order valence-electron chi connectivity index (χ0n) is 10.4. The van der Waals surface area contributed by atoms with Crippen LogP contribution in [0.1, 0.15) is 18.0 Å². The molecule has 1 aromatic carbocycles. The van der Waals surface area contributed by atoms with E-state index in [0.717, 1.165) is 35.5 Å². The van der Waals surface area contributed by atoms with Crippen molar-refractivity contribution in [2.45, 2.75) is 12.5 Å². The van der Waals surface area contributed by atoms with Crippen LogP contribution in [0.15, 0.2) is 16.6 Å². The average molecular weight is 313 g/mol. The van der Waals surface area contributed by atoms with E-state index in [1.807, 2.05) is 6.07 Å². The lowest BCUT2D eigenvalue weighted by Gasteiger charge is -2.21. The summed E-state index contributed by atoms with van der Waals surface area (Å²) in [5.74, 6) is 2.29. The molecule has 2 aliphatic heterocycles. The molecule has 1 saturated heterocycles. The molecule has 2 unspecified atom stereocenters. The van der Waals surface area contributed by atoms with Gasteiger partial charge >= 0.3 is 0 Å². The van der Waals surface area contributed by atoms with E-state index in [1.54, 1.807) is 0 Å². The van der Waals surface area contributed by atoms with Crippen LogP contribution in [0.5, 0.6) is 11.5 Å². The summed E-state index contributed by atoms with van der Waals surface area (Å²) < 4.78 is 12.1. The zero-order valence-corrected chi connectivity index (χ0v) is 11.9. The van der Waals surface area contributed by atoms with Gasteiger partial charge in [-0.05, 0) is 47.9 Å². The number of nitrogens with two attached hydrogens (primary N) is 1. The largest absolute Gasteiger partial charge is 0.453 e. The van der Waals surface area contributed by atoms with Gasteiger partial charge in [-0.3, -0.25) is 4.90 Å². The monoisotopic (exact) mass is 312 g/mol. The van der Waals surface area contributed by atoms with E-state index >= 15 is 0 Å². The number of fused-ring (bicyclic) bond motifs is 1. The molecule has 0 bridgehead atoms. The SMILES string of the molecule is CN1CC(CN)CC1c1ccc(Br)c2c1OCO2. The number of rotatable bonds is 2. The fourth-order valence-corrected chi connectivity index (χ4v) is 3.31. The maximum atomic E-state index is 5.78. The minimum absolute atomic E-state index is 0.307. The summed E-state index contributed by atoms with van der Waals surface area (Å²) in [6.45, 7) is 2.10. The third kappa shape index (κ3) is 1.90. The molecule has 0 radical (unpaired) electrons. The van der Waals surface area contributed by atoms with Gasteiger partial charge in [-0.1, -0.05) is 6.07 Å². The molecule has 1 fully saturated rings. The highest BCUT2D eigenvalue weighted by atomic mass is 79.9. The van der Waals surface area contributed by atoms with Crippen LogP contribution in [-0.4, -0.2) is 31.8 Å². The van der Waals surface area contributed by atoms with E-state index in [-0.39, 0.29) is 0 Å². The van der Waals surface area contributed by atoms with Gasteiger partial charge in [0.25, 0.3) is 0 Å². The first kappa shape index (κ1) is 12.3. The third-order valence-corrected chi connectivity index (χ3v) is 4.45. The molecule has 0 aromatic heterocycles. The Hall–Kier alpha value is -0.780. The molecule has 2 atom stereocenters. The lowest BCUT2D eigenvalue weighted by atomic mass is 9.99. The van der Waals surface area contributed by atoms with Crippen LogP contribution in [0.25, 0.3) is 0 Å². The topological polar surface area (TPSA) is 47.7 Å². The van der Waals surface area contributed by atoms with E-state index in [0.29, 0.717) is 18.8 Å². The molecule has 0 aliphatic carbocycles. The van der Waals surface area contributed by atoms with E-state index in [2.05, 4.69) is 33.9 Å². The van der Waals surface area contributed by atoms with Crippen molar-refractivity contribution >= 4 is 15.9 Å². The van der Waals surface area contributed by atoms with E-state index in [9.17, 15) is 0 Å². The predicted octanol–water partition coefficient (Wildman–Crippen LogP) is 2.13. The van der Waals surface area contributed by atoms with Crippen molar-refractivity contribution in [1.29, 1.82) is 0 Å². The van der Waals surface area contributed by atoms with Gasteiger partial charge in [-0.25, -0.2) is 0 Å².